The minimum Gasteiger partial charge on any atom is -0.380 e. The third-order valence-corrected chi connectivity index (χ3v) is 6.06. The maximum atomic E-state index is 13.9. The number of halogens is 4. The van der Waals surface area contributed by atoms with Crippen LogP contribution in [-0.2, 0) is 11.8 Å². The van der Waals surface area contributed by atoms with Crippen LogP contribution in [0.1, 0.15) is 36.3 Å². The molecule has 0 fully saturated rings. The number of nitrogens with zero attached hydrogens (tertiary/aromatic N) is 1. The van der Waals surface area contributed by atoms with E-state index in [0.29, 0.717) is 20.8 Å². The van der Waals surface area contributed by atoms with Crippen molar-refractivity contribution in [2.45, 2.75) is 50.8 Å². The fraction of sp³-hybridized carbons (Fsp3) is 0.381. The second-order valence-electron chi connectivity index (χ2n) is 7.84. The number of hydrogen-bond donors (Lipinski definition) is 1. The highest BCUT2D eigenvalue weighted by Gasteiger charge is 2.56. The summed E-state index contributed by atoms with van der Waals surface area (Å²) in [5.74, 6) is -0.514. The van der Waals surface area contributed by atoms with E-state index < -0.39 is 35.9 Å². The summed E-state index contributed by atoms with van der Waals surface area (Å²) in [7, 11) is 0. The number of aliphatic hydroxyl groups is 1. The molecule has 28 heavy (non-hydrogen) atoms. The molecule has 3 aromatic rings. The fourth-order valence-electron chi connectivity index (χ4n) is 3.71. The number of rotatable bonds is 5. The average Bonchev–Trinajstić information content (AvgIpc) is 2.97. The van der Waals surface area contributed by atoms with E-state index in [1.54, 1.807) is 45.2 Å². The van der Waals surface area contributed by atoms with E-state index in [4.69, 9.17) is 0 Å². The summed E-state index contributed by atoms with van der Waals surface area (Å²) in [5, 5.41) is 11.5. The highest BCUT2D eigenvalue weighted by atomic mass is 32.1. The van der Waals surface area contributed by atoms with Gasteiger partial charge in [0.2, 0.25) is 0 Å². The Morgan fingerprint density at radius 3 is 2.46 bits per heavy atom. The summed E-state index contributed by atoms with van der Waals surface area (Å²) >= 11 is 1.14. The van der Waals surface area contributed by atoms with Gasteiger partial charge in [0.05, 0.1) is 0 Å². The molecular formula is C21H21F4NOS. The Morgan fingerprint density at radius 2 is 1.82 bits per heavy atom. The summed E-state index contributed by atoms with van der Waals surface area (Å²) in [6, 6.07) is 9.17. The van der Waals surface area contributed by atoms with Crippen molar-refractivity contribution in [3.63, 3.8) is 0 Å². The highest BCUT2D eigenvalue weighted by Crippen LogP contribution is 2.44. The minimum atomic E-state index is -4.84. The van der Waals surface area contributed by atoms with Gasteiger partial charge >= 0.3 is 6.18 Å². The van der Waals surface area contributed by atoms with E-state index in [0.717, 1.165) is 16.7 Å². The van der Waals surface area contributed by atoms with Gasteiger partial charge in [-0.3, -0.25) is 0 Å². The van der Waals surface area contributed by atoms with Crippen LogP contribution in [0.2, 0.25) is 0 Å². The van der Waals surface area contributed by atoms with Crippen LogP contribution in [0.4, 0.5) is 17.6 Å². The molecule has 2 heterocycles. The molecule has 1 aromatic carbocycles. The van der Waals surface area contributed by atoms with Crippen molar-refractivity contribution in [2.75, 3.05) is 0 Å². The lowest BCUT2D eigenvalue weighted by Gasteiger charge is -2.38. The van der Waals surface area contributed by atoms with Crippen LogP contribution in [0.25, 0.3) is 10.2 Å². The quantitative estimate of drug-likeness (QED) is 0.527. The van der Waals surface area contributed by atoms with Crippen LogP contribution in [0.5, 0.6) is 0 Å². The highest BCUT2D eigenvalue weighted by molar-refractivity contribution is 7.18. The van der Waals surface area contributed by atoms with Crippen molar-refractivity contribution >= 4 is 21.6 Å². The predicted octanol–water partition coefficient (Wildman–Crippen LogP) is 5.95. The first-order chi connectivity index (χ1) is 12.9. The molecule has 0 aliphatic rings. The zero-order valence-corrected chi connectivity index (χ0v) is 16.6. The predicted molar refractivity (Wildman–Crippen MR) is 103 cm³/mol. The number of fused-ring (bicyclic) bond motifs is 1. The van der Waals surface area contributed by atoms with Crippen LogP contribution < -0.4 is 0 Å². The number of aromatic nitrogens is 1. The Kier molecular flexibility index (Phi) is 5.27. The minimum absolute atomic E-state index is 0.403. The largest absolute Gasteiger partial charge is 0.417 e. The molecule has 0 amide bonds. The van der Waals surface area contributed by atoms with Crippen LogP contribution in [0.3, 0.4) is 0 Å². The van der Waals surface area contributed by atoms with Gasteiger partial charge in [-0.25, -0.2) is 9.37 Å². The smallest absolute Gasteiger partial charge is 0.380 e. The molecule has 0 radical (unpaired) electrons. The molecule has 0 aliphatic heterocycles. The lowest BCUT2D eigenvalue weighted by atomic mass is 9.72. The SMILES string of the molecule is Cc1ccc(F)cc1C(C)(C)CC(O)(Cc1cc2cccnc2s1)C(F)(F)F. The van der Waals surface area contributed by atoms with Crippen LogP contribution >= 0.6 is 11.3 Å². The second-order valence-corrected chi connectivity index (χ2v) is 8.95. The third kappa shape index (κ3) is 4.05. The Labute approximate surface area is 164 Å². The summed E-state index contributed by atoms with van der Waals surface area (Å²) in [6.45, 7) is 4.91. The van der Waals surface area contributed by atoms with Gasteiger partial charge in [0.25, 0.3) is 0 Å². The molecule has 1 atom stereocenters. The summed E-state index contributed by atoms with van der Waals surface area (Å²) in [5.41, 5.74) is -2.91. The number of thiophene rings is 1. The van der Waals surface area contributed by atoms with Gasteiger partial charge in [-0.1, -0.05) is 26.0 Å². The number of hydrogen-bond acceptors (Lipinski definition) is 3. The zero-order valence-electron chi connectivity index (χ0n) is 15.8. The molecular weight excluding hydrogens is 390 g/mol. The van der Waals surface area contributed by atoms with Gasteiger partial charge < -0.3 is 5.11 Å². The Balaban J connectivity index is 1.98. The number of aryl methyl sites for hydroxylation is 1. The molecule has 0 bridgehead atoms. The van der Waals surface area contributed by atoms with Crippen molar-refractivity contribution in [2.24, 2.45) is 0 Å². The number of alkyl halides is 3. The molecule has 150 valence electrons. The topological polar surface area (TPSA) is 33.1 Å². The molecule has 3 rings (SSSR count). The second kappa shape index (κ2) is 7.12. The maximum Gasteiger partial charge on any atom is 0.417 e. The zero-order chi connectivity index (χ0) is 20.7. The summed E-state index contributed by atoms with van der Waals surface area (Å²) in [6.07, 6.45) is -4.42. The molecule has 2 nitrogen and oxygen atoms in total. The first-order valence-corrected chi connectivity index (χ1v) is 9.62. The van der Waals surface area contributed by atoms with Crippen molar-refractivity contribution in [1.29, 1.82) is 0 Å². The average molecular weight is 411 g/mol. The molecule has 1 unspecified atom stereocenters. The van der Waals surface area contributed by atoms with Crippen molar-refractivity contribution in [3.05, 3.63) is 64.4 Å². The van der Waals surface area contributed by atoms with E-state index in [-0.39, 0.29) is 0 Å². The molecule has 0 aliphatic carbocycles. The first-order valence-electron chi connectivity index (χ1n) is 8.80. The fourth-order valence-corrected chi connectivity index (χ4v) is 4.82. The lowest BCUT2D eigenvalue weighted by Crippen LogP contribution is -2.50. The van der Waals surface area contributed by atoms with E-state index >= 15 is 0 Å². The normalized spacial score (nSPS) is 15.0. The Bertz CT molecular complexity index is 962. The van der Waals surface area contributed by atoms with Gasteiger partial charge in [0.1, 0.15) is 10.6 Å². The molecule has 0 saturated heterocycles. The Morgan fingerprint density at radius 1 is 1.11 bits per heavy atom. The maximum absolute atomic E-state index is 13.9. The molecule has 1 N–H and O–H groups in total. The molecule has 7 heteroatoms. The third-order valence-electron chi connectivity index (χ3n) is 5.00. The molecule has 2 aromatic heterocycles. The first kappa shape index (κ1) is 20.7. The van der Waals surface area contributed by atoms with Gasteiger partial charge in [-0.05, 0) is 54.2 Å². The van der Waals surface area contributed by atoms with Gasteiger partial charge in [-0.15, -0.1) is 11.3 Å². The number of benzene rings is 1. The van der Waals surface area contributed by atoms with Crippen LogP contribution in [-0.4, -0.2) is 21.9 Å². The monoisotopic (exact) mass is 411 g/mol. The van der Waals surface area contributed by atoms with Crippen molar-refractivity contribution in [1.82, 2.24) is 4.98 Å². The standard InChI is InChI=1S/C21H21F4NOS/c1-13-6-7-15(22)10-17(13)19(2,3)12-20(27,21(23,24)25)11-16-9-14-5-4-8-26-18(14)28-16/h4-10,27H,11-12H2,1-3H3. The lowest BCUT2D eigenvalue weighted by molar-refractivity contribution is -0.266. The van der Waals surface area contributed by atoms with Crippen LogP contribution in [0.15, 0.2) is 42.6 Å². The van der Waals surface area contributed by atoms with E-state index in [9.17, 15) is 22.7 Å². The van der Waals surface area contributed by atoms with E-state index in [1.165, 1.54) is 18.2 Å². The summed E-state index contributed by atoms with van der Waals surface area (Å²) in [4.78, 5) is 5.18. The summed E-state index contributed by atoms with van der Waals surface area (Å²) < 4.78 is 55.5. The van der Waals surface area contributed by atoms with Gasteiger partial charge in [0, 0.05) is 22.9 Å². The van der Waals surface area contributed by atoms with Crippen LogP contribution in [0, 0.1) is 12.7 Å². The van der Waals surface area contributed by atoms with E-state index in [1.807, 2.05) is 0 Å². The Hall–Kier alpha value is -1.99. The van der Waals surface area contributed by atoms with Crippen molar-refractivity contribution < 1.29 is 22.7 Å². The van der Waals surface area contributed by atoms with Gasteiger partial charge in [-0.2, -0.15) is 13.2 Å². The number of pyridine rings is 1. The van der Waals surface area contributed by atoms with E-state index in [2.05, 4.69) is 4.98 Å². The molecule has 0 saturated carbocycles. The van der Waals surface area contributed by atoms with Gasteiger partial charge in [0.15, 0.2) is 5.60 Å². The molecule has 0 spiro atoms. The van der Waals surface area contributed by atoms with Crippen molar-refractivity contribution in [3.8, 4) is 0 Å².